The number of rotatable bonds is 6. The number of carbonyl (C=O) groups is 1. The van der Waals surface area contributed by atoms with Crippen molar-refractivity contribution in [1.82, 2.24) is 0 Å². The Hall–Kier alpha value is -0.570. The summed E-state index contributed by atoms with van der Waals surface area (Å²) in [5.41, 5.74) is 0. The molecular formula is C10H18O3. The van der Waals surface area contributed by atoms with Crippen molar-refractivity contribution in [2.24, 2.45) is 5.92 Å². The molecule has 1 rings (SSSR count). The third kappa shape index (κ3) is 4.27. The van der Waals surface area contributed by atoms with Gasteiger partial charge in [0.05, 0.1) is 20.1 Å². The minimum absolute atomic E-state index is 0.191. The average molecular weight is 186 g/mol. The van der Waals surface area contributed by atoms with Crippen LogP contribution in [0.15, 0.2) is 0 Å². The monoisotopic (exact) mass is 186 g/mol. The summed E-state index contributed by atoms with van der Waals surface area (Å²) in [6.45, 7) is 1.29. The van der Waals surface area contributed by atoms with Crippen LogP contribution in [0.3, 0.4) is 0 Å². The van der Waals surface area contributed by atoms with Gasteiger partial charge in [-0.1, -0.05) is 19.3 Å². The maximum Gasteiger partial charge on any atom is 0.307 e. The summed E-state index contributed by atoms with van der Waals surface area (Å²) in [6, 6.07) is 0. The van der Waals surface area contributed by atoms with Gasteiger partial charge in [-0.05, 0) is 12.3 Å². The summed E-state index contributed by atoms with van der Waals surface area (Å²) in [5.74, 6) is 0.696. The first-order valence-electron chi connectivity index (χ1n) is 4.97. The van der Waals surface area contributed by atoms with E-state index in [-0.39, 0.29) is 5.97 Å². The van der Waals surface area contributed by atoms with E-state index in [1.54, 1.807) is 0 Å². The van der Waals surface area contributed by atoms with Gasteiger partial charge in [-0.3, -0.25) is 4.79 Å². The summed E-state index contributed by atoms with van der Waals surface area (Å²) in [6.07, 6.45) is 5.63. The molecule has 0 N–H and O–H groups in total. The molecule has 1 aliphatic rings. The van der Waals surface area contributed by atoms with Crippen LogP contribution in [-0.2, 0) is 14.3 Å². The van der Waals surface area contributed by atoms with Crippen molar-refractivity contribution in [2.45, 2.75) is 32.1 Å². The Kier molecular flexibility index (Phi) is 4.83. The Morgan fingerprint density at radius 1 is 1.38 bits per heavy atom. The predicted molar refractivity (Wildman–Crippen MR) is 49.4 cm³/mol. The molecule has 0 radical (unpaired) electrons. The first kappa shape index (κ1) is 10.5. The maximum absolute atomic E-state index is 10.7. The molecule has 0 heterocycles. The maximum atomic E-state index is 10.7. The highest BCUT2D eigenvalue weighted by Gasteiger charge is 2.16. The van der Waals surface area contributed by atoms with Gasteiger partial charge in [0.25, 0.3) is 0 Å². The summed E-state index contributed by atoms with van der Waals surface area (Å²) in [5, 5.41) is 0. The topological polar surface area (TPSA) is 35.5 Å². The van der Waals surface area contributed by atoms with E-state index in [9.17, 15) is 4.79 Å². The van der Waals surface area contributed by atoms with Gasteiger partial charge in [0.15, 0.2) is 0 Å². The zero-order chi connectivity index (χ0) is 9.52. The minimum Gasteiger partial charge on any atom is -0.469 e. The number of ether oxygens (including phenoxy) is 2. The molecule has 0 amide bonds. The quantitative estimate of drug-likeness (QED) is 0.468. The Morgan fingerprint density at radius 2 is 2.15 bits per heavy atom. The Labute approximate surface area is 79.4 Å². The van der Waals surface area contributed by atoms with Crippen LogP contribution in [-0.4, -0.2) is 26.3 Å². The first-order valence-corrected chi connectivity index (χ1v) is 4.97. The average Bonchev–Trinajstić information content (AvgIpc) is 2.07. The zero-order valence-corrected chi connectivity index (χ0v) is 8.25. The predicted octanol–water partition coefficient (Wildman–Crippen LogP) is 1.76. The second-order valence-electron chi connectivity index (χ2n) is 3.52. The largest absolute Gasteiger partial charge is 0.469 e. The molecule has 0 atom stereocenters. The highest BCUT2D eigenvalue weighted by molar-refractivity contribution is 5.69. The number of carbonyl (C=O) groups excluding carboxylic acids is 1. The molecule has 0 aromatic carbocycles. The molecule has 1 saturated carbocycles. The van der Waals surface area contributed by atoms with Gasteiger partial charge in [0, 0.05) is 6.61 Å². The van der Waals surface area contributed by atoms with Crippen LogP contribution < -0.4 is 0 Å². The lowest BCUT2D eigenvalue weighted by Crippen LogP contribution is -2.14. The number of hydrogen-bond donors (Lipinski definition) is 0. The van der Waals surface area contributed by atoms with Gasteiger partial charge in [-0.25, -0.2) is 0 Å². The second kappa shape index (κ2) is 5.97. The lowest BCUT2D eigenvalue weighted by Gasteiger charge is -2.24. The van der Waals surface area contributed by atoms with E-state index in [1.165, 1.54) is 26.4 Å². The zero-order valence-electron chi connectivity index (χ0n) is 8.25. The van der Waals surface area contributed by atoms with E-state index in [2.05, 4.69) is 4.74 Å². The van der Waals surface area contributed by atoms with E-state index in [0.29, 0.717) is 13.0 Å². The van der Waals surface area contributed by atoms with Crippen molar-refractivity contribution < 1.29 is 14.3 Å². The highest BCUT2D eigenvalue weighted by atomic mass is 16.5. The van der Waals surface area contributed by atoms with Crippen molar-refractivity contribution in [1.29, 1.82) is 0 Å². The van der Waals surface area contributed by atoms with Crippen molar-refractivity contribution in [3.05, 3.63) is 0 Å². The van der Waals surface area contributed by atoms with E-state index in [4.69, 9.17) is 4.74 Å². The fourth-order valence-corrected chi connectivity index (χ4v) is 1.39. The number of methoxy groups -OCH3 is 1. The van der Waals surface area contributed by atoms with Crippen molar-refractivity contribution in [3.63, 3.8) is 0 Å². The summed E-state index contributed by atoms with van der Waals surface area (Å²) < 4.78 is 9.80. The van der Waals surface area contributed by atoms with Gasteiger partial charge in [0.2, 0.25) is 0 Å². The van der Waals surface area contributed by atoms with Gasteiger partial charge in [-0.15, -0.1) is 0 Å². The lowest BCUT2D eigenvalue weighted by molar-refractivity contribution is -0.141. The van der Waals surface area contributed by atoms with Crippen LogP contribution in [0.2, 0.25) is 0 Å². The SMILES string of the molecule is COC(=O)CCOCCC1CCC1. The third-order valence-corrected chi connectivity index (χ3v) is 2.57. The van der Waals surface area contributed by atoms with Crippen LogP contribution in [0.4, 0.5) is 0 Å². The molecule has 0 aliphatic heterocycles. The Bertz CT molecular complexity index is 152. The Morgan fingerprint density at radius 3 is 2.69 bits per heavy atom. The van der Waals surface area contributed by atoms with E-state index < -0.39 is 0 Å². The molecule has 3 heteroatoms. The van der Waals surface area contributed by atoms with Crippen LogP contribution >= 0.6 is 0 Å². The fraction of sp³-hybridized carbons (Fsp3) is 0.900. The molecule has 13 heavy (non-hydrogen) atoms. The molecule has 0 spiro atoms. The van der Waals surface area contributed by atoms with E-state index in [0.717, 1.165) is 18.9 Å². The minimum atomic E-state index is -0.191. The van der Waals surface area contributed by atoms with Gasteiger partial charge < -0.3 is 9.47 Å². The smallest absolute Gasteiger partial charge is 0.307 e. The van der Waals surface area contributed by atoms with Crippen molar-refractivity contribution in [2.75, 3.05) is 20.3 Å². The molecule has 1 aliphatic carbocycles. The van der Waals surface area contributed by atoms with Crippen LogP contribution in [0.25, 0.3) is 0 Å². The van der Waals surface area contributed by atoms with Crippen molar-refractivity contribution >= 4 is 5.97 Å². The second-order valence-corrected chi connectivity index (χ2v) is 3.52. The number of esters is 1. The molecule has 0 unspecified atom stereocenters. The summed E-state index contributed by atoms with van der Waals surface area (Å²) in [7, 11) is 1.40. The summed E-state index contributed by atoms with van der Waals surface area (Å²) >= 11 is 0. The first-order chi connectivity index (χ1) is 6.33. The van der Waals surface area contributed by atoms with E-state index >= 15 is 0 Å². The molecule has 76 valence electrons. The molecule has 3 nitrogen and oxygen atoms in total. The van der Waals surface area contributed by atoms with E-state index in [1.807, 2.05) is 0 Å². The summed E-state index contributed by atoms with van der Waals surface area (Å²) in [4.78, 5) is 10.7. The standard InChI is InChI=1S/C10H18O3/c1-12-10(11)6-8-13-7-5-9-3-2-4-9/h9H,2-8H2,1H3. The van der Waals surface area contributed by atoms with Crippen molar-refractivity contribution in [3.8, 4) is 0 Å². The van der Waals surface area contributed by atoms with Gasteiger partial charge in [-0.2, -0.15) is 0 Å². The third-order valence-electron chi connectivity index (χ3n) is 2.57. The molecule has 1 fully saturated rings. The normalized spacial score (nSPS) is 16.7. The fourth-order valence-electron chi connectivity index (χ4n) is 1.39. The molecular weight excluding hydrogens is 168 g/mol. The van der Waals surface area contributed by atoms with Crippen LogP contribution in [0.1, 0.15) is 32.1 Å². The lowest BCUT2D eigenvalue weighted by atomic mass is 9.83. The molecule has 0 bridgehead atoms. The number of hydrogen-bond acceptors (Lipinski definition) is 3. The highest BCUT2D eigenvalue weighted by Crippen LogP contribution is 2.28. The van der Waals surface area contributed by atoms with Crippen LogP contribution in [0, 0.1) is 5.92 Å². The van der Waals surface area contributed by atoms with Crippen LogP contribution in [0.5, 0.6) is 0 Å². The Balaban J connectivity index is 1.80. The molecule has 0 aromatic rings. The molecule has 0 aromatic heterocycles. The van der Waals surface area contributed by atoms with Gasteiger partial charge in [0.1, 0.15) is 0 Å². The van der Waals surface area contributed by atoms with Gasteiger partial charge >= 0.3 is 5.97 Å². The molecule has 0 saturated heterocycles.